The summed E-state index contributed by atoms with van der Waals surface area (Å²) in [4.78, 5) is 37.7. The predicted molar refractivity (Wildman–Crippen MR) is 151 cm³/mol. The average molecular weight is 573 g/mol. The lowest BCUT2D eigenvalue weighted by molar-refractivity contribution is -0.144. The first-order valence-electron chi connectivity index (χ1n) is 12.4. The molecule has 0 heterocycles. The van der Waals surface area contributed by atoms with E-state index < -0.39 is 45.0 Å². The molecule has 0 saturated carbocycles. The van der Waals surface area contributed by atoms with Crippen LogP contribution >= 0.6 is 0 Å². The lowest BCUT2D eigenvalue weighted by Crippen LogP contribution is -2.62. The number of esters is 1. The third kappa shape index (κ3) is 11.0. The molecule has 0 spiro atoms. The Kier molecular flexibility index (Phi) is 10.7. The second-order valence-corrected chi connectivity index (χ2v) is 12.9. The summed E-state index contributed by atoms with van der Waals surface area (Å²) in [5.41, 5.74) is -0.318. The van der Waals surface area contributed by atoms with Gasteiger partial charge in [-0.05, 0) is 83.1 Å². The van der Waals surface area contributed by atoms with Crippen LogP contribution in [0.2, 0.25) is 0 Å². The van der Waals surface area contributed by atoms with Gasteiger partial charge in [0.15, 0.2) is 9.84 Å². The van der Waals surface area contributed by atoms with Crippen LogP contribution in [0.25, 0.3) is 0 Å². The largest absolute Gasteiger partial charge is 0.493 e. The van der Waals surface area contributed by atoms with Crippen molar-refractivity contribution in [1.82, 2.24) is 10.6 Å². The maximum absolute atomic E-state index is 12.9. The van der Waals surface area contributed by atoms with Crippen LogP contribution in [0, 0.1) is 11.8 Å². The van der Waals surface area contributed by atoms with Crippen LogP contribution in [0.4, 0.5) is 4.79 Å². The fourth-order valence-corrected chi connectivity index (χ4v) is 3.69. The van der Waals surface area contributed by atoms with Gasteiger partial charge in [-0.25, -0.2) is 18.0 Å². The highest BCUT2D eigenvalue weighted by Crippen LogP contribution is 2.16. The Bertz CT molecular complexity index is 1360. The number of ether oxygens (including phenoxy) is 3. The van der Waals surface area contributed by atoms with Crippen molar-refractivity contribution >= 4 is 27.8 Å². The van der Waals surface area contributed by atoms with E-state index in [0.717, 1.165) is 11.8 Å². The Balaban J connectivity index is 2.06. The van der Waals surface area contributed by atoms with E-state index in [1.165, 1.54) is 7.11 Å². The van der Waals surface area contributed by atoms with Crippen molar-refractivity contribution in [2.45, 2.75) is 51.8 Å². The molecule has 216 valence electrons. The van der Waals surface area contributed by atoms with E-state index >= 15 is 0 Å². The minimum atomic E-state index is -3.09. The standard InChI is InChI=1S/C29H36N2O8S/c1-28(2,3)39-27(34)31-29(4,5)24(26(33)37-6)30-25(32)22-14-10-20(11-15-22)8-9-21-12-16-23(17-13-21)38-18-19-40(7,35)36/h10-17,24H,18-19H2,1-7H3,(H,30,32)(H,31,34). The Morgan fingerprint density at radius 1 is 0.900 bits per heavy atom. The molecule has 0 aliphatic rings. The molecule has 40 heavy (non-hydrogen) atoms. The van der Waals surface area contributed by atoms with Crippen LogP contribution in [0.3, 0.4) is 0 Å². The van der Waals surface area contributed by atoms with Crippen LogP contribution in [0.1, 0.15) is 56.1 Å². The number of alkyl carbamates (subject to hydrolysis) is 1. The van der Waals surface area contributed by atoms with Gasteiger partial charge in [0, 0.05) is 22.9 Å². The van der Waals surface area contributed by atoms with E-state index in [0.29, 0.717) is 11.3 Å². The first kappa shape index (κ1) is 32.2. The predicted octanol–water partition coefficient (Wildman–Crippen LogP) is 3.08. The molecule has 0 aliphatic carbocycles. The minimum Gasteiger partial charge on any atom is -0.493 e. The molecule has 1 atom stereocenters. The molecule has 0 radical (unpaired) electrons. The highest BCUT2D eigenvalue weighted by Gasteiger charge is 2.39. The topological polar surface area (TPSA) is 137 Å². The maximum Gasteiger partial charge on any atom is 0.408 e. The van der Waals surface area contributed by atoms with Gasteiger partial charge in [0.2, 0.25) is 0 Å². The summed E-state index contributed by atoms with van der Waals surface area (Å²) in [6, 6.07) is 12.2. The number of rotatable bonds is 9. The lowest BCUT2D eigenvalue weighted by atomic mass is 9.94. The molecule has 1 unspecified atom stereocenters. The van der Waals surface area contributed by atoms with Crippen molar-refractivity contribution < 1.29 is 37.0 Å². The number of hydrogen-bond donors (Lipinski definition) is 2. The summed E-state index contributed by atoms with van der Waals surface area (Å²) < 4.78 is 37.9. The van der Waals surface area contributed by atoms with E-state index in [4.69, 9.17) is 14.2 Å². The molecular weight excluding hydrogens is 536 g/mol. The zero-order chi connectivity index (χ0) is 30.1. The maximum atomic E-state index is 12.9. The van der Waals surface area contributed by atoms with Crippen LogP contribution in [-0.2, 0) is 24.1 Å². The van der Waals surface area contributed by atoms with Crippen molar-refractivity contribution in [3.8, 4) is 17.6 Å². The summed E-state index contributed by atoms with van der Waals surface area (Å²) in [5.74, 6) is 5.22. The van der Waals surface area contributed by atoms with Gasteiger partial charge in [0.05, 0.1) is 18.4 Å². The summed E-state index contributed by atoms with van der Waals surface area (Å²) in [7, 11) is -1.90. The number of nitrogens with one attached hydrogen (secondary N) is 2. The van der Waals surface area contributed by atoms with Gasteiger partial charge < -0.3 is 24.8 Å². The molecule has 2 rings (SSSR count). The molecular formula is C29H36N2O8S. The van der Waals surface area contributed by atoms with Crippen molar-refractivity contribution in [2.75, 3.05) is 25.7 Å². The number of sulfone groups is 1. The van der Waals surface area contributed by atoms with Gasteiger partial charge in [-0.1, -0.05) is 11.8 Å². The summed E-state index contributed by atoms with van der Waals surface area (Å²) in [6.45, 7) is 8.36. The van der Waals surface area contributed by atoms with E-state index in [2.05, 4.69) is 22.5 Å². The minimum absolute atomic E-state index is 0.0628. The van der Waals surface area contributed by atoms with Crippen LogP contribution < -0.4 is 15.4 Å². The number of hydrogen-bond acceptors (Lipinski definition) is 8. The zero-order valence-electron chi connectivity index (χ0n) is 23.8. The molecule has 0 aliphatic heterocycles. The summed E-state index contributed by atoms with van der Waals surface area (Å²) in [6.07, 6.45) is 0.415. The van der Waals surface area contributed by atoms with Crippen LogP contribution in [-0.4, -0.2) is 69.3 Å². The number of benzene rings is 2. The summed E-state index contributed by atoms with van der Waals surface area (Å²) >= 11 is 0. The van der Waals surface area contributed by atoms with Gasteiger partial charge in [-0.2, -0.15) is 0 Å². The number of carbonyl (C=O) groups excluding carboxylic acids is 3. The molecule has 0 bridgehead atoms. The molecule has 0 aromatic heterocycles. The molecule has 0 fully saturated rings. The summed E-state index contributed by atoms with van der Waals surface area (Å²) in [5, 5.41) is 5.25. The fraction of sp³-hybridized carbons (Fsp3) is 0.414. The Labute approximate surface area is 235 Å². The van der Waals surface area contributed by atoms with Crippen molar-refractivity contribution in [3.05, 3.63) is 65.2 Å². The SMILES string of the molecule is COC(=O)C(NC(=O)c1ccc(C#Cc2ccc(OCCS(C)(=O)=O)cc2)cc1)C(C)(C)NC(=O)OC(C)(C)C. The van der Waals surface area contributed by atoms with Crippen LogP contribution in [0.15, 0.2) is 48.5 Å². The third-order valence-electron chi connectivity index (χ3n) is 5.33. The van der Waals surface area contributed by atoms with E-state index in [9.17, 15) is 22.8 Å². The van der Waals surface area contributed by atoms with E-state index in [1.807, 2.05) is 0 Å². The molecule has 2 aromatic carbocycles. The van der Waals surface area contributed by atoms with Gasteiger partial charge in [-0.3, -0.25) is 4.79 Å². The second kappa shape index (κ2) is 13.3. The monoisotopic (exact) mass is 572 g/mol. The fourth-order valence-electron chi connectivity index (χ4n) is 3.30. The zero-order valence-corrected chi connectivity index (χ0v) is 24.6. The molecule has 10 nitrogen and oxygen atoms in total. The molecule has 11 heteroatoms. The number of methoxy groups -OCH3 is 1. The van der Waals surface area contributed by atoms with Crippen molar-refractivity contribution in [3.63, 3.8) is 0 Å². The highest BCUT2D eigenvalue weighted by atomic mass is 32.2. The van der Waals surface area contributed by atoms with E-state index in [-0.39, 0.29) is 17.9 Å². The average Bonchev–Trinajstić information content (AvgIpc) is 2.84. The Morgan fingerprint density at radius 3 is 1.90 bits per heavy atom. The Hall–Kier alpha value is -4.04. The van der Waals surface area contributed by atoms with Crippen LogP contribution in [0.5, 0.6) is 5.75 Å². The molecule has 2 N–H and O–H groups in total. The van der Waals surface area contributed by atoms with Gasteiger partial charge >= 0.3 is 12.1 Å². The first-order chi connectivity index (χ1) is 18.5. The highest BCUT2D eigenvalue weighted by molar-refractivity contribution is 7.90. The number of carbonyl (C=O) groups is 3. The van der Waals surface area contributed by atoms with Gasteiger partial charge in [-0.15, -0.1) is 0 Å². The molecule has 0 saturated heterocycles. The smallest absolute Gasteiger partial charge is 0.408 e. The van der Waals surface area contributed by atoms with Crippen molar-refractivity contribution in [2.24, 2.45) is 0 Å². The normalized spacial score (nSPS) is 12.3. The third-order valence-corrected chi connectivity index (χ3v) is 6.24. The first-order valence-corrected chi connectivity index (χ1v) is 14.5. The van der Waals surface area contributed by atoms with E-state index in [1.54, 1.807) is 83.1 Å². The Morgan fingerprint density at radius 2 is 1.43 bits per heavy atom. The lowest BCUT2D eigenvalue weighted by Gasteiger charge is -2.34. The van der Waals surface area contributed by atoms with Crippen molar-refractivity contribution in [1.29, 1.82) is 0 Å². The molecule has 2 amide bonds. The molecule has 2 aromatic rings. The second-order valence-electron chi connectivity index (χ2n) is 10.6. The number of amides is 2. The quantitative estimate of drug-likeness (QED) is 0.346. The van der Waals surface area contributed by atoms with Gasteiger partial charge in [0.25, 0.3) is 5.91 Å². The van der Waals surface area contributed by atoms with Gasteiger partial charge in [0.1, 0.15) is 24.0 Å².